The molecule has 0 bridgehead atoms. The number of halogens is 4. The molecular formula is C21H18ClF3N2O4S2. The highest BCUT2D eigenvalue weighted by Crippen LogP contribution is 2.34. The molecule has 2 aromatic carbocycles. The molecule has 0 spiro atoms. The summed E-state index contributed by atoms with van der Waals surface area (Å²) in [6.07, 6.45) is -4.83. The summed E-state index contributed by atoms with van der Waals surface area (Å²) in [6, 6.07) is 9.29. The molecule has 3 aromatic rings. The first-order chi connectivity index (χ1) is 15.3. The van der Waals surface area contributed by atoms with Crippen molar-refractivity contribution < 1.29 is 32.5 Å². The molecule has 176 valence electrons. The van der Waals surface area contributed by atoms with Gasteiger partial charge in [0.15, 0.2) is 11.4 Å². The molecule has 1 aromatic heterocycles. The van der Waals surface area contributed by atoms with E-state index in [0.29, 0.717) is 27.9 Å². The van der Waals surface area contributed by atoms with E-state index in [1.54, 1.807) is 6.07 Å². The van der Waals surface area contributed by atoms with Crippen molar-refractivity contribution in [3.05, 3.63) is 52.0 Å². The lowest BCUT2D eigenvalue weighted by Crippen LogP contribution is -2.38. The van der Waals surface area contributed by atoms with E-state index in [4.69, 9.17) is 16.3 Å². The summed E-state index contributed by atoms with van der Waals surface area (Å²) in [5, 5.41) is 9.74. The van der Waals surface area contributed by atoms with Crippen molar-refractivity contribution in [1.29, 1.82) is 0 Å². The van der Waals surface area contributed by atoms with Crippen molar-refractivity contribution >= 4 is 40.9 Å². The molecule has 6 nitrogen and oxygen atoms in total. The SMILES string of the molecule is Cc1cc(SCc2nc(-c3ccc(OC(F)(F)F)c(Cl)c3)ns2)ccc1OC(C)(C)C(=O)O. The predicted molar refractivity (Wildman–Crippen MR) is 120 cm³/mol. The zero-order chi connectivity index (χ0) is 24.4. The minimum absolute atomic E-state index is 0.195. The van der Waals surface area contributed by atoms with Crippen molar-refractivity contribution in [2.24, 2.45) is 0 Å². The number of ether oxygens (including phenoxy) is 2. The number of hydrogen-bond donors (Lipinski definition) is 1. The van der Waals surface area contributed by atoms with Crippen molar-refractivity contribution in [3.8, 4) is 22.9 Å². The standard InChI is InChI=1S/C21H18ClF3N2O4S2/c1-11-8-13(5-7-15(11)30-20(2,3)19(28)29)32-10-17-26-18(27-33-17)12-4-6-16(14(22)9-12)31-21(23,24)25/h4-9H,10H2,1-3H3,(H,28,29). The predicted octanol–water partition coefficient (Wildman–Crippen LogP) is 6.60. The topological polar surface area (TPSA) is 81.5 Å². The average Bonchev–Trinajstić information content (AvgIpc) is 3.18. The van der Waals surface area contributed by atoms with Crippen LogP contribution in [-0.2, 0) is 10.5 Å². The van der Waals surface area contributed by atoms with Gasteiger partial charge in [-0.15, -0.1) is 24.9 Å². The molecule has 0 amide bonds. The normalized spacial score (nSPS) is 12.0. The van der Waals surface area contributed by atoms with Crippen LogP contribution in [0.3, 0.4) is 0 Å². The van der Waals surface area contributed by atoms with Crippen molar-refractivity contribution in [3.63, 3.8) is 0 Å². The van der Waals surface area contributed by atoms with E-state index in [0.717, 1.165) is 16.5 Å². The number of alkyl halides is 3. The molecule has 0 atom stereocenters. The number of thioether (sulfide) groups is 1. The van der Waals surface area contributed by atoms with Crippen LogP contribution in [0.5, 0.6) is 11.5 Å². The number of hydrogen-bond acceptors (Lipinski definition) is 7. The van der Waals surface area contributed by atoms with E-state index >= 15 is 0 Å². The molecule has 0 radical (unpaired) electrons. The number of rotatable bonds is 8. The second kappa shape index (κ2) is 9.78. The summed E-state index contributed by atoms with van der Waals surface area (Å²) < 4.78 is 50.9. The van der Waals surface area contributed by atoms with E-state index in [2.05, 4.69) is 14.1 Å². The number of aliphatic carboxylic acids is 1. The molecule has 0 saturated heterocycles. The molecule has 0 aliphatic carbocycles. The van der Waals surface area contributed by atoms with Crippen LogP contribution in [0.1, 0.15) is 24.4 Å². The fraction of sp³-hybridized carbons (Fsp3) is 0.286. The third-order valence-electron chi connectivity index (χ3n) is 4.27. The van der Waals surface area contributed by atoms with E-state index < -0.39 is 23.7 Å². The number of aryl methyl sites for hydroxylation is 1. The van der Waals surface area contributed by atoms with E-state index in [1.165, 1.54) is 49.3 Å². The Balaban J connectivity index is 1.65. The summed E-state index contributed by atoms with van der Waals surface area (Å²) in [7, 11) is 0. The van der Waals surface area contributed by atoms with Crippen LogP contribution in [0.2, 0.25) is 5.02 Å². The van der Waals surface area contributed by atoms with Gasteiger partial charge in [-0.1, -0.05) is 11.6 Å². The number of benzene rings is 2. The van der Waals surface area contributed by atoms with Crippen LogP contribution in [0.25, 0.3) is 11.4 Å². The number of carboxylic acid groups (broad SMARTS) is 1. The van der Waals surface area contributed by atoms with Crippen LogP contribution < -0.4 is 9.47 Å². The molecule has 33 heavy (non-hydrogen) atoms. The minimum atomic E-state index is -4.83. The first-order valence-electron chi connectivity index (χ1n) is 9.38. The van der Waals surface area contributed by atoms with Gasteiger partial charge in [0.25, 0.3) is 0 Å². The Bertz CT molecular complexity index is 1170. The largest absolute Gasteiger partial charge is 0.573 e. The van der Waals surface area contributed by atoms with E-state index in [9.17, 15) is 23.1 Å². The Morgan fingerprint density at radius 3 is 2.45 bits per heavy atom. The summed E-state index contributed by atoms with van der Waals surface area (Å²) in [5.74, 6) is -0.197. The molecule has 0 fully saturated rings. The van der Waals surface area contributed by atoms with Crippen LogP contribution >= 0.6 is 34.9 Å². The van der Waals surface area contributed by atoms with Crippen LogP contribution in [0.15, 0.2) is 41.3 Å². The molecule has 3 rings (SSSR count). The van der Waals surface area contributed by atoms with Crippen LogP contribution in [0.4, 0.5) is 13.2 Å². The molecule has 0 aliphatic rings. The van der Waals surface area contributed by atoms with Crippen molar-refractivity contribution in [2.75, 3.05) is 0 Å². The maximum atomic E-state index is 12.4. The average molecular weight is 519 g/mol. The number of aromatic nitrogens is 2. The highest BCUT2D eigenvalue weighted by molar-refractivity contribution is 7.98. The van der Waals surface area contributed by atoms with Gasteiger partial charge in [0, 0.05) is 10.5 Å². The lowest BCUT2D eigenvalue weighted by atomic mass is 10.1. The quantitative estimate of drug-likeness (QED) is 0.336. The molecular weight excluding hydrogens is 501 g/mol. The molecule has 0 saturated carbocycles. The van der Waals surface area contributed by atoms with Gasteiger partial charge in [0.05, 0.1) is 10.8 Å². The zero-order valence-corrected chi connectivity index (χ0v) is 20.0. The molecule has 1 heterocycles. The third-order valence-corrected chi connectivity index (χ3v) is 6.47. The van der Waals surface area contributed by atoms with Gasteiger partial charge in [-0.05, 0) is 74.3 Å². The van der Waals surface area contributed by atoms with Gasteiger partial charge in [-0.2, -0.15) is 4.37 Å². The number of carboxylic acids is 1. The van der Waals surface area contributed by atoms with Crippen LogP contribution in [0, 0.1) is 6.92 Å². The third kappa shape index (κ3) is 6.75. The molecule has 0 aliphatic heterocycles. The Kier molecular flexibility index (Phi) is 7.45. The second-order valence-corrected chi connectivity index (χ2v) is 9.63. The first kappa shape index (κ1) is 25.1. The Morgan fingerprint density at radius 1 is 1.15 bits per heavy atom. The maximum absolute atomic E-state index is 12.4. The second-order valence-electron chi connectivity index (χ2n) is 7.34. The zero-order valence-electron chi connectivity index (χ0n) is 17.6. The van der Waals surface area contributed by atoms with E-state index in [-0.39, 0.29) is 5.02 Å². The maximum Gasteiger partial charge on any atom is 0.573 e. The Hall–Kier alpha value is -2.50. The van der Waals surface area contributed by atoms with Gasteiger partial charge < -0.3 is 14.6 Å². The fourth-order valence-electron chi connectivity index (χ4n) is 2.57. The smallest absolute Gasteiger partial charge is 0.478 e. The summed E-state index contributed by atoms with van der Waals surface area (Å²) >= 11 is 8.58. The van der Waals surface area contributed by atoms with Gasteiger partial charge in [0.1, 0.15) is 16.5 Å². The van der Waals surface area contributed by atoms with Gasteiger partial charge in [-0.3, -0.25) is 0 Å². The minimum Gasteiger partial charge on any atom is -0.478 e. The fourth-order valence-corrected chi connectivity index (χ4v) is 4.42. The van der Waals surface area contributed by atoms with Gasteiger partial charge >= 0.3 is 12.3 Å². The van der Waals surface area contributed by atoms with Crippen LogP contribution in [-0.4, -0.2) is 32.4 Å². The summed E-state index contributed by atoms with van der Waals surface area (Å²) in [6.45, 7) is 4.79. The summed E-state index contributed by atoms with van der Waals surface area (Å²) in [4.78, 5) is 16.6. The number of nitrogens with zero attached hydrogens (tertiary/aromatic N) is 2. The highest BCUT2D eigenvalue weighted by Gasteiger charge is 2.32. The highest BCUT2D eigenvalue weighted by atomic mass is 35.5. The van der Waals surface area contributed by atoms with Gasteiger partial charge in [0.2, 0.25) is 0 Å². The molecule has 12 heteroatoms. The number of carbonyl (C=O) groups is 1. The summed E-state index contributed by atoms with van der Waals surface area (Å²) in [5.41, 5.74) is -0.0778. The monoisotopic (exact) mass is 518 g/mol. The first-order valence-corrected chi connectivity index (χ1v) is 11.5. The van der Waals surface area contributed by atoms with Gasteiger partial charge in [-0.25, -0.2) is 9.78 Å². The van der Waals surface area contributed by atoms with E-state index in [1.807, 2.05) is 19.1 Å². The molecule has 0 unspecified atom stereocenters. The molecule has 1 N–H and O–H groups in total. The van der Waals surface area contributed by atoms with Crippen molar-refractivity contribution in [1.82, 2.24) is 9.36 Å². The lowest BCUT2D eigenvalue weighted by molar-refractivity contribution is -0.274. The Morgan fingerprint density at radius 2 is 1.85 bits per heavy atom. The Labute approximate surface area is 200 Å². The lowest BCUT2D eigenvalue weighted by Gasteiger charge is -2.22. The van der Waals surface area contributed by atoms with Crippen molar-refractivity contribution in [2.45, 2.75) is 43.4 Å².